The fourth-order valence-corrected chi connectivity index (χ4v) is 2.02. The highest BCUT2D eigenvalue weighted by Crippen LogP contribution is 2.12. The maximum Gasteiger partial charge on any atom is 0.321 e. The lowest BCUT2D eigenvalue weighted by Gasteiger charge is -2.33. The van der Waals surface area contributed by atoms with E-state index in [2.05, 4.69) is 10.6 Å². The molecule has 0 aromatic rings. The second-order valence-corrected chi connectivity index (χ2v) is 5.08. The van der Waals surface area contributed by atoms with Gasteiger partial charge in [-0.3, -0.25) is 15.0 Å². The topological polar surface area (TPSA) is 81.7 Å². The minimum atomic E-state index is -0.473. The number of likely N-dealkylation sites (tertiary alicyclic amines) is 1. The van der Waals surface area contributed by atoms with E-state index in [4.69, 9.17) is 0 Å². The van der Waals surface area contributed by atoms with E-state index in [1.54, 1.807) is 6.92 Å². The van der Waals surface area contributed by atoms with Crippen LogP contribution in [-0.4, -0.2) is 53.2 Å². The van der Waals surface area contributed by atoms with Crippen LogP contribution in [-0.2, 0) is 4.79 Å². The maximum absolute atomic E-state index is 11.8. The first-order valence-corrected chi connectivity index (χ1v) is 6.43. The van der Waals surface area contributed by atoms with Crippen molar-refractivity contribution in [1.29, 1.82) is 0 Å². The third-order valence-electron chi connectivity index (χ3n) is 3.01. The summed E-state index contributed by atoms with van der Waals surface area (Å²) in [5.41, 5.74) is 0. The SMILES string of the molecule is CC(C)NC(=O)NC(=O)C(C)N1CCCC(O)C1. The molecule has 0 spiro atoms. The minimum Gasteiger partial charge on any atom is -0.392 e. The van der Waals surface area contributed by atoms with Crippen molar-refractivity contribution in [2.24, 2.45) is 0 Å². The van der Waals surface area contributed by atoms with Gasteiger partial charge in [0.1, 0.15) is 0 Å². The van der Waals surface area contributed by atoms with Gasteiger partial charge in [0.25, 0.3) is 0 Å². The Balaban J connectivity index is 2.43. The molecular formula is C12H23N3O3. The Labute approximate surface area is 108 Å². The van der Waals surface area contributed by atoms with Crippen LogP contribution in [0.5, 0.6) is 0 Å². The molecular weight excluding hydrogens is 234 g/mol. The van der Waals surface area contributed by atoms with Crippen molar-refractivity contribution >= 4 is 11.9 Å². The van der Waals surface area contributed by atoms with E-state index >= 15 is 0 Å². The highest BCUT2D eigenvalue weighted by molar-refractivity contribution is 5.96. The normalized spacial score (nSPS) is 22.6. The number of imide groups is 1. The summed E-state index contributed by atoms with van der Waals surface area (Å²) in [6, 6.07) is -0.887. The number of rotatable bonds is 3. The molecule has 3 amide bonds. The van der Waals surface area contributed by atoms with Crippen molar-refractivity contribution in [3.8, 4) is 0 Å². The quantitative estimate of drug-likeness (QED) is 0.668. The summed E-state index contributed by atoms with van der Waals surface area (Å²) in [6.45, 7) is 6.66. The Morgan fingerprint density at radius 3 is 2.56 bits per heavy atom. The fraction of sp³-hybridized carbons (Fsp3) is 0.833. The maximum atomic E-state index is 11.8. The predicted octanol–water partition coefficient (Wildman–Crippen LogP) is 0.0658. The summed E-state index contributed by atoms with van der Waals surface area (Å²) in [6.07, 6.45) is 1.27. The van der Waals surface area contributed by atoms with Crippen LogP contribution in [0.3, 0.4) is 0 Å². The average molecular weight is 257 g/mol. The molecule has 1 aliphatic heterocycles. The monoisotopic (exact) mass is 257 g/mol. The number of carbonyl (C=O) groups excluding carboxylic acids is 2. The van der Waals surface area contributed by atoms with Crippen molar-refractivity contribution < 1.29 is 14.7 Å². The molecule has 1 fully saturated rings. The summed E-state index contributed by atoms with van der Waals surface area (Å²) >= 11 is 0. The molecule has 2 unspecified atom stereocenters. The van der Waals surface area contributed by atoms with Gasteiger partial charge in [-0.15, -0.1) is 0 Å². The Morgan fingerprint density at radius 2 is 2.00 bits per heavy atom. The number of urea groups is 1. The Kier molecular flexibility index (Phi) is 5.55. The van der Waals surface area contributed by atoms with E-state index in [0.29, 0.717) is 6.54 Å². The van der Waals surface area contributed by atoms with Gasteiger partial charge in [-0.2, -0.15) is 0 Å². The standard InChI is InChI=1S/C12H23N3O3/c1-8(2)13-12(18)14-11(17)9(3)15-6-4-5-10(16)7-15/h8-10,16H,4-7H2,1-3H3,(H2,13,14,17,18). The number of hydrogen-bond donors (Lipinski definition) is 3. The Hall–Kier alpha value is -1.14. The zero-order chi connectivity index (χ0) is 13.7. The van der Waals surface area contributed by atoms with Gasteiger partial charge in [0, 0.05) is 12.6 Å². The van der Waals surface area contributed by atoms with Gasteiger partial charge in [0.05, 0.1) is 12.1 Å². The largest absolute Gasteiger partial charge is 0.392 e. The van der Waals surface area contributed by atoms with Crippen LogP contribution in [0, 0.1) is 0 Å². The summed E-state index contributed by atoms with van der Waals surface area (Å²) in [5.74, 6) is -0.331. The molecule has 1 rings (SSSR count). The van der Waals surface area contributed by atoms with Gasteiger partial charge < -0.3 is 10.4 Å². The van der Waals surface area contributed by atoms with Gasteiger partial charge in [-0.25, -0.2) is 4.79 Å². The second kappa shape index (κ2) is 6.70. The van der Waals surface area contributed by atoms with Crippen LogP contribution in [0.25, 0.3) is 0 Å². The van der Waals surface area contributed by atoms with E-state index in [1.165, 1.54) is 0 Å². The van der Waals surface area contributed by atoms with Crippen molar-refractivity contribution in [3.63, 3.8) is 0 Å². The molecule has 0 aromatic heterocycles. The number of nitrogens with one attached hydrogen (secondary N) is 2. The average Bonchev–Trinajstić information content (AvgIpc) is 2.26. The number of nitrogens with zero attached hydrogens (tertiary/aromatic N) is 1. The zero-order valence-corrected chi connectivity index (χ0v) is 11.3. The molecule has 0 radical (unpaired) electrons. The highest BCUT2D eigenvalue weighted by Gasteiger charge is 2.27. The molecule has 104 valence electrons. The van der Waals surface area contributed by atoms with Crippen LogP contribution in [0.2, 0.25) is 0 Å². The number of carbonyl (C=O) groups is 2. The molecule has 18 heavy (non-hydrogen) atoms. The zero-order valence-electron chi connectivity index (χ0n) is 11.3. The summed E-state index contributed by atoms with van der Waals surface area (Å²) in [7, 11) is 0. The third kappa shape index (κ3) is 4.62. The summed E-state index contributed by atoms with van der Waals surface area (Å²) in [5, 5.41) is 14.5. The van der Waals surface area contributed by atoms with E-state index in [0.717, 1.165) is 19.4 Å². The molecule has 1 saturated heterocycles. The van der Waals surface area contributed by atoms with E-state index in [9.17, 15) is 14.7 Å². The van der Waals surface area contributed by atoms with Crippen LogP contribution in [0.1, 0.15) is 33.6 Å². The second-order valence-electron chi connectivity index (χ2n) is 5.08. The molecule has 6 heteroatoms. The number of β-amino-alcohol motifs (C(OH)–C–C–N with tert-alkyl or cyclic N) is 1. The number of amides is 3. The van der Waals surface area contributed by atoms with E-state index in [-0.39, 0.29) is 18.1 Å². The van der Waals surface area contributed by atoms with Gasteiger partial charge in [-0.1, -0.05) is 0 Å². The van der Waals surface area contributed by atoms with Gasteiger partial charge in [0.2, 0.25) is 5.91 Å². The molecule has 0 aromatic carbocycles. The van der Waals surface area contributed by atoms with Gasteiger partial charge in [0.15, 0.2) is 0 Å². The third-order valence-corrected chi connectivity index (χ3v) is 3.01. The van der Waals surface area contributed by atoms with Crippen molar-refractivity contribution in [1.82, 2.24) is 15.5 Å². The smallest absolute Gasteiger partial charge is 0.321 e. The van der Waals surface area contributed by atoms with Gasteiger partial charge >= 0.3 is 6.03 Å². The van der Waals surface area contributed by atoms with Crippen molar-refractivity contribution in [3.05, 3.63) is 0 Å². The van der Waals surface area contributed by atoms with Crippen LogP contribution < -0.4 is 10.6 Å². The number of aliphatic hydroxyl groups excluding tert-OH is 1. The molecule has 2 atom stereocenters. The van der Waals surface area contributed by atoms with Crippen molar-refractivity contribution in [2.75, 3.05) is 13.1 Å². The Morgan fingerprint density at radius 1 is 1.33 bits per heavy atom. The summed E-state index contributed by atoms with van der Waals surface area (Å²) in [4.78, 5) is 25.1. The first-order valence-electron chi connectivity index (χ1n) is 6.43. The fourth-order valence-electron chi connectivity index (χ4n) is 2.02. The predicted molar refractivity (Wildman–Crippen MR) is 68.1 cm³/mol. The summed E-state index contributed by atoms with van der Waals surface area (Å²) < 4.78 is 0. The number of piperidine rings is 1. The number of aliphatic hydroxyl groups is 1. The van der Waals surface area contributed by atoms with Crippen LogP contribution in [0.4, 0.5) is 4.79 Å². The first-order chi connectivity index (χ1) is 8.40. The molecule has 0 aliphatic carbocycles. The van der Waals surface area contributed by atoms with Crippen LogP contribution >= 0.6 is 0 Å². The Bertz CT molecular complexity index is 307. The van der Waals surface area contributed by atoms with Crippen LogP contribution in [0.15, 0.2) is 0 Å². The van der Waals surface area contributed by atoms with Crippen molar-refractivity contribution in [2.45, 2.75) is 51.8 Å². The molecule has 1 heterocycles. The van der Waals surface area contributed by atoms with E-state index < -0.39 is 12.1 Å². The van der Waals surface area contributed by atoms with E-state index in [1.807, 2.05) is 18.7 Å². The molecule has 3 N–H and O–H groups in total. The lowest BCUT2D eigenvalue weighted by atomic mass is 10.1. The molecule has 0 bridgehead atoms. The highest BCUT2D eigenvalue weighted by atomic mass is 16.3. The number of hydrogen-bond acceptors (Lipinski definition) is 4. The lowest BCUT2D eigenvalue weighted by Crippen LogP contribution is -2.53. The minimum absolute atomic E-state index is 0.00934. The molecule has 6 nitrogen and oxygen atoms in total. The lowest BCUT2D eigenvalue weighted by molar-refractivity contribution is -0.125. The molecule has 0 saturated carbocycles. The molecule has 1 aliphatic rings. The first kappa shape index (κ1) is 14.9. The van der Waals surface area contributed by atoms with Gasteiger partial charge in [-0.05, 0) is 40.2 Å².